The van der Waals surface area contributed by atoms with Crippen LogP contribution in [0, 0.1) is 10.1 Å². The van der Waals surface area contributed by atoms with Gasteiger partial charge >= 0.3 is 6.03 Å². The maximum Gasteiger partial charge on any atom is 0.319 e. The third kappa shape index (κ3) is 4.51. The number of carbonyl (C=O) groups excluding carboxylic acids is 1. The van der Waals surface area contributed by atoms with Crippen molar-refractivity contribution in [2.45, 2.75) is 19.4 Å². The van der Waals surface area contributed by atoms with Gasteiger partial charge in [0.2, 0.25) is 0 Å². The molecule has 0 radical (unpaired) electrons. The van der Waals surface area contributed by atoms with E-state index in [-0.39, 0.29) is 17.3 Å². The number of anilines is 1. The first-order valence-electron chi connectivity index (χ1n) is 6.19. The number of carbonyl (C=O) groups is 1. The molecule has 0 aliphatic rings. The summed E-state index contributed by atoms with van der Waals surface area (Å²) in [6.45, 7) is 4.46. The Bertz CT molecular complexity index is 500. The molecule has 0 aliphatic carbocycles. The molecule has 0 heterocycles. The van der Waals surface area contributed by atoms with Gasteiger partial charge in [0.25, 0.3) is 5.69 Å². The van der Waals surface area contributed by atoms with Crippen molar-refractivity contribution in [2.24, 2.45) is 0 Å². The van der Waals surface area contributed by atoms with Crippen molar-refractivity contribution in [1.82, 2.24) is 10.2 Å². The second kappa shape index (κ2) is 6.33. The average molecular weight is 280 g/mol. The number of likely N-dealkylation sites (N-methyl/N-ethyl adjacent to an activating group) is 1. The summed E-state index contributed by atoms with van der Waals surface area (Å²) in [6, 6.07) is 5.43. The normalized spacial score (nSPS) is 11.2. The molecular weight excluding hydrogens is 260 g/mol. The van der Waals surface area contributed by atoms with E-state index in [0.29, 0.717) is 12.2 Å². The molecule has 1 aromatic carbocycles. The van der Waals surface area contributed by atoms with Crippen LogP contribution < -0.4 is 10.6 Å². The van der Waals surface area contributed by atoms with Gasteiger partial charge in [-0.3, -0.25) is 10.1 Å². The molecule has 0 spiro atoms. The Morgan fingerprint density at radius 2 is 2.05 bits per heavy atom. The highest BCUT2D eigenvalue weighted by Gasteiger charge is 2.21. The maximum absolute atomic E-state index is 11.8. The molecule has 0 fully saturated rings. The van der Waals surface area contributed by atoms with E-state index in [2.05, 4.69) is 10.6 Å². The smallest absolute Gasteiger partial charge is 0.319 e. The number of benzene rings is 1. The van der Waals surface area contributed by atoms with E-state index in [0.717, 1.165) is 0 Å². The monoisotopic (exact) mass is 280 g/mol. The van der Waals surface area contributed by atoms with Gasteiger partial charge in [0.05, 0.1) is 4.92 Å². The van der Waals surface area contributed by atoms with Gasteiger partial charge in [0, 0.05) is 29.9 Å². The van der Waals surface area contributed by atoms with Gasteiger partial charge in [-0.05, 0) is 34.0 Å². The Morgan fingerprint density at radius 1 is 1.40 bits per heavy atom. The third-order valence-corrected chi connectivity index (χ3v) is 3.21. The molecule has 110 valence electrons. The predicted octanol–water partition coefficient (Wildman–Crippen LogP) is 2.06. The fourth-order valence-electron chi connectivity index (χ4n) is 1.33. The summed E-state index contributed by atoms with van der Waals surface area (Å²) in [4.78, 5) is 23.9. The van der Waals surface area contributed by atoms with Crippen LogP contribution in [0.3, 0.4) is 0 Å². The molecule has 1 aromatic rings. The fraction of sp³-hybridized carbons (Fsp3) is 0.462. The highest BCUT2D eigenvalue weighted by atomic mass is 16.6. The number of amides is 2. The zero-order chi connectivity index (χ0) is 15.3. The minimum atomic E-state index is -0.502. The Morgan fingerprint density at radius 3 is 2.60 bits per heavy atom. The lowest BCUT2D eigenvalue weighted by Gasteiger charge is -2.32. The molecule has 0 atom stereocenters. The van der Waals surface area contributed by atoms with Gasteiger partial charge in [0.15, 0.2) is 0 Å². The zero-order valence-electron chi connectivity index (χ0n) is 12.1. The highest BCUT2D eigenvalue weighted by Crippen LogP contribution is 2.16. The van der Waals surface area contributed by atoms with Crippen LogP contribution in [0.5, 0.6) is 0 Å². The number of hydrogen-bond acceptors (Lipinski definition) is 4. The molecule has 0 bridgehead atoms. The summed E-state index contributed by atoms with van der Waals surface area (Å²) in [5.74, 6) is 0. The van der Waals surface area contributed by atoms with Crippen LogP contribution in [0.25, 0.3) is 0 Å². The van der Waals surface area contributed by atoms with Crippen LogP contribution in [0.1, 0.15) is 13.8 Å². The SMILES string of the molecule is CN(C)C(C)(C)CNC(=O)Nc1cccc([N+](=O)[O-])c1. The number of non-ortho nitro benzene ring substituents is 1. The van der Waals surface area contributed by atoms with E-state index in [1.54, 1.807) is 6.07 Å². The van der Waals surface area contributed by atoms with Crippen LogP contribution in [0.2, 0.25) is 0 Å². The molecule has 7 nitrogen and oxygen atoms in total. The first-order chi connectivity index (χ1) is 9.22. The number of hydrogen-bond donors (Lipinski definition) is 2. The molecule has 0 saturated carbocycles. The van der Waals surface area contributed by atoms with Gasteiger partial charge in [-0.2, -0.15) is 0 Å². The fourth-order valence-corrected chi connectivity index (χ4v) is 1.33. The van der Waals surface area contributed by atoms with Gasteiger partial charge in [-0.25, -0.2) is 4.79 Å². The Kier molecular flexibility index (Phi) is 5.04. The van der Waals surface area contributed by atoms with Crippen LogP contribution >= 0.6 is 0 Å². The molecule has 0 saturated heterocycles. The molecule has 0 unspecified atom stereocenters. The second-order valence-corrected chi connectivity index (χ2v) is 5.32. The van der Waals surface area contributed by atoms with E-state index >= 15 is 0 Å². The highest BCUT2D eigenvalue weighted by molar-refractivity contribution is 5.89. The summed E-state index contributed by atoms with van der Waals surface area (Å²) in [5, 5.41) is 16.0. The van der Waals surface area contributed by atoms with Crippen molar-refractivity contribution >= 4 is 17.4 Å². The molecule has 0 aliphatic heterocycles. The zero-order valence-corrected chi connectivity index (χ0v) is 12.1. The minimum Gasteiger partial charge on any atom is -0.336 e. The van der Waals surface area contributed by atoms with E-state index in [4.69, 9.17) is 0 Å². The summed E-state index contributed by atoms with van der Waals surface area (Å²) < 4.78 is 0. The Labute approximate surface area is 118 Å². The standard InChI is InChI=1S/C13H20N4O3/c1-13(2,16(3)4)9-14-12(18)15-10-6-5-7-11(8-10)17(19)20/h5-8H,9H2,1-4H3,(H2,14,15,18). The summed E-state index contributed by atoms with van der Waals surface area (Å²) >= 11 is 0. The Hall–Kier alpha value is -2.15. The van der Waals surface area contributed by atoms with Gasteiger partial charge in [-0.1, -0.05) is 6.07 Å². The van der Waals surface area contributed by atoms with E-state index in [1.165, 1.54) is 18.2 Å². The molecule has 0 aromatic heterocycles. The first-order valence-corrected chi connectivity index (χ1v) is 6.19. The molecule has 2 amide bonds. The lowest BCUT2D eigenvalue weighted by molar-refractivity contribution is -0.384. The van der Waals surface area contributed by atoms with E-state index < -0.39 is 4.92 Å². The number of nitrogens with one attached hydrogen (secondary N) is 2. The van der Waals surface area contributed by atoms with Gasteiger partial charge < -0.3 is 15.5 Å². The van der Waals surface area contributed by atoms with Crippen LogP contribution in [0.4, 0.5) is 16.2 Å². The first kappa shape index (κ1) is 15.9. The molecule has 20 heavy (non-hydrogen) atoms. The summed E-state index contributed by atoms with van der Waals surface area (Å²) in [6.07, 6.45) is 0. The van der Waals surface area contributed by atoms with Crippen molar-refractivity contribution in [2.75, 3.05) is 26.0 Å². The largest absolute Gasteiger partial charge is 0.336 e. The number of nitro benzene ring substituents is 1. The lowest BCUT2D eigenvalue weighted by Crippen LogP contribution is -2.49. The van der Waals surface area contributed by atoms with Crippen LogP contribution in [-0.4, -0.2) is 42.0 Å². The van der Waals surface area contributed by atoms with Gasteiger partial charge in [0.1, 0.15) is 0 Å². The van der Waals surface area contributed by atoms with E-state index in [9.17, 15) is 14.9 Å². The minimum absolute atomic E-state index is 0.0589. The molecule has 2 N–H and O–H groups in total. The molecular formula is C13H20N4O3. The van der Waals surface area contributed by atoms with Crippen molar-refractivity contribution < 1.29 is 9.72 Å². The summed E-state index contributed by atoms with van der Waals surface area (Å²) in [5.41, 5.74) is 0.149. The van der Waals surface area contributed by atoms with Crippen molar-refractivity contribution in [3.63, 3.8) is 0 Å². The topological polar surface area (TPSA) is 87.5 Å². The summed E-state index contributed by atoms with van der Waals surface area (Å²) in [7, 11) is 3.86. The lowest BCUT2D eigenvalue weighted by atomic mass is 10.1. The number of rotatable bonds is 5. The molecule has 7 heteroatoms. The third-order valence-electron chi connectivity index (χ3n) is 3.21. The van der Waals surface area contributed by atoms with Crippen LogP contribution in [-0.2, 0) is 0 Å². The quantitative estimate of drug-likeness (QED) is 0.638. The predicted molar refractivity (Wildman–Crippen MR) is 77.9 cm³/mol. The molecule has 1 rings (SSSR count). The van der Waals surface area contributed by atoms with Crippen molar-refractivity contribution in [3.8, 4) is 0 Å². The van der Waals surface area contributed by atoms with Crippen molar-refractivity contribution in [1.29, 1.82) is 0 Å². The maximum atomic E-state index is 11.8. The Balaban J connectivity index is 2.59. The number of nitro groups is 1. The number of urea groups is 1. The van der Waals surface area contributed by atoms with Crippen LogP contribution in [0.15, 0.2) is 24.3 Å². The number of nitrogens with zero attached hydrogens (tertiary/aromatic N) is 2. The van der Waals surface area contributed by atoms with E-state index in [1.807, 2.05) is 32.8 Å². The second-order valence-electron chi connectivity index (χ2n) is 5.32. The average Bonchev–Trinajstić information content (AvgIpc) is 2.36. The van der Waals surface area contributed by atoms with Crippen molar-refractivity contribution in [3.05, 3.63) is 34.4 Å². The van der Waals surface area contributed by atoms with Gasteiger partial charge in [-0.15, -0.1) is 0 Å².